The normalized spacial score (nSPS) is 10.8. The van der Waals surface area contributed by atoms with E-state index in [1.54, 1.807) is 13.3 Å². The minimum atomic E-state index is -0.142. The van der Waals surface area contributed by atoms with Crippen LogP contribution in [0, 0.1) is 0 Å². The summed E-state index contributed by atoms with van der Waals surface area (Å²) in [6.45, 7) is 0. The first kappa shape index (κ1) is 21.0. The molecule has 0 spiro atoms. The van der Waals surface area contributed by atoms with E-state index in [0.29, 0.717) is 17.2 Å². The SMILES string of the molecule is COc1ccc(-c2cnc(NC(=O)Cc3ccccc3)c(/C=C/c3ccccc3)n2)cc1. The van der Waals surface area contributed by atoms with Gasteiger partial charge in [-0.2, -0.15) is 0 Å². The molecule has 4 aromatic rings. The molecular formula is C27H23N3O2. The van der Waals surface area contributed by atoms with Crippen LogP contribution in [-0.4, -0.2) is 23.0 Å². The van der Waals surface area contributed by atoms with Crippen molar-refractivity contribution in [3.63, 3.8) is 0 Å². The van der Waals surface area contributed by atoms with E-state index in [1.807, 2.05) is 97.1 Å². The summed E-state index contributed by atoms with van der Waals surface area (Å²) in [5, 5.41) is 2.91. The molecule has 0 aliphatic rings. The highest BCUT2D eigenvalue weighted by atomic mass is 16.5. The molecule has 0 unspecified atom stereocenters. The lowest BCUT2D eigenvalue weighted by molar-refractivity contribution is -0.115. The number of nitrogens with one attached hydrogen (secondary N) is 1. The Labute approximate surface area is 187 Å². The lowest BCUT2D eigenvalue weighted by Gasteiger charge is -2.10. The van der Waals surface area contributed by atoms with Crippen molar-refractivity contribution in [1.29, 1.82) is 0 Å². The largest absolute Gasteiger partial charge is 0.497 e. The smallest absolute Gasteiger partial charge is 0.230 e. The van der Waals surface area contributed by atoms with Crippen LogP contribution in [0.4, 0.5) is 5.82 Å². The molecule has 0 atom stereocenters. The summed E-state index contributed by atoms with van der Waals surface area (Å²) in [5.74, 6) is 1.06. The van der Waals surface area contributed by atoms with Crippen molar-refractivity contribution >= 4 is 23.9 Å². The number of rotatable bonds is 7. The second-order valence-electron chi connectivity index (χ2n) is 7.17. The van der Waals surface area contributed by atoms with Gasteiger partial charge < -0.3 is 10.1 Å². The van der Waals surface area contributed by atoms with E-state index in [9.17, 15) is 4.79 Å². The van der Waals surface area contributed by atoms with E-state index in [1.165, 1.54) is 0 Å². The molecular weight excluding hydrogens is 398 g/mol. The van der Waals surface area contributed by atoms with Crippen LogP contribution >= 0.6 is 0 Å². The molecule has 3 aromatic carbocycles. The number of nitrogens with zero attached hydrogens (tertiary/aromatic N) is 2. The van der Waals surface area contributed by atoms with Gasteiger partial charge in [-0.25, -0.2) is 9.97 Å². The lowest BCUT2D eigenvalue weighted by atomic mass is 10.1. The highest BCUT2D eigenvalue weighted by Gasteiger charge is 2.11. The predicted molar refractivity (Wildman–Crippen MR) is 128 cm³/mol. The maximum Gasteiger partial charge on any atom is 0.230 e. The third-order valence-electron chi connectivity index (χ3n) is 4.88. The zero-order valence-corrected chi connectivity index (χ0v) is 17.7. The highest BCUT2D eigenvalue weighted by molar-refractivity contribution is 5.93. The van der Waals surface area contributed by atoms with Crippen molar-refractivity contribution < 1.29 is 9.53 Å². The molecule has 5 heteroatoms. The van der Waals surface area contributed by atoms with E-state index in [-0.39, 0.29) is 12.3 Å². The van der Waals surface area contributed by atoms with Gasteiger partial charge in [0.15, 0.2) is 5.82 Å². The number of methoxy groups -OCH3 is 1. The van der Waals surface area contributed by atoms with Crippen LogP contribution in [0.15, 0.2) is 91.1 Å². The van der Waals surface area contributed by atoms with Crippen molar-refractivity contribution in [3.8, 4) is 17.0 Å². The second-order valence-corrected chi connectivity index (χ2v) is 7.17. The lowest BCUT2D eigenvalue weighted by Crippen LogP contribution is -2.16. The molecule has 0 aliphatic heterocycles. The summed E-state index contributed by atoms with van der Waals surface area (Å²) in [5.41, 5.74) is 4.18. The fourth-order valence-corrected chi connectivity index (χ4v) is 3.21. The van der Waals surface area contributed by atoms with Crippen LogP contribution in [-0.2, 0) is 11.2 Å². The molecule has 4 rings (SSSR count). The van der Waals surface area contributed by atoms with E-state index in [0.717, 1.165) is 22.4 Å². The number of amides is 1. The second kappa shape index (κ2) is 10.2. The van der Waals surface area contributed by atoms with Crippen LogP contribution in [0.1, 0.15) is 16.8 Å². The third kappa shape index (κ3) is 5.46. The first-order chi connectivity index (χ1) is 15.7. The molecule has 0 radical (unpaired) electrons. The molecule has 158 valence electrons. The molecule has 0 saturated heterocycles. The molecule has 0 fully saturated rings. The van der Waals surface area contributed by atoms with E-state index in [2.05, 4.69) is 10.3 Å². The van der Waals surface area contributed by atoms with Gasteiger partial charge in [-0.1, -0.05) is 66.7 Å². The Hall–Kier alpha value is -4.25. The van der Waals surface area contributed by atoms with Crippen molar-refractivity contribution in [2.45, 2.75) is 6.42 Å². The van der Waals surface area contributed by atoms with Gasteiger partial charge in [0.2, 0.25) is 5.91 Å². The van der Waals surface area contributed by atoms with Gasteiger partial charge in [-0.05, 0) is 41.5 Å². The fraction of sp³-hybridized carbons (Fsp3) is 0.0741. The maximum absolute atomic E-state index is 12.6. The molecule has 32 heavy (non-hydrogen) atoms. The summed E-state index contributed by atoms with van der Waals surface area (Å²) in [6, 6.07) is 27.2. The van der Waals surface area contributed by atoms with Gasteiger partial charge in [0.05, 0.1) is 25.4 Å². The Balaban J connectivity index is 1.63. The summed E-state index contributed by atoms with van der Waals surface area (Å²) < 4.78 is 5.23. The number of aromatic nitrogens is 2. The van der Waals surface area contributed by atoms with Crippen molar-refractivity contribution in [2.24, 2.45) is 0 Å². The predicted octanol–water partition coefficient (Wildman–Crippen LogP) is 5.50. The molecule has 0 saturated carbocycles. The molecule has 1 heterocycles. The molecule has 1 amide bonds. The summed E-state index contributed by atoms with van der Waals surface area (Å²) in [4.78, 5) is 21.9. The number of benzene rings is 3. The van der Waals surface area contributed by atoms with Crippen molar-refractivity contribution in [1.82, 2.24) is 9.97 Å². The maximum atomic E-state index is 12.6. The Morgan fingerprint density at radius 3 is 2.28 bits per heavy atom. The zero-order valence-electron chi connectivity index (χ0n) is 17.7. The van der Waals surface area contributed by atoms with Gasteiger partial charge in [-0.15, -0.1) is 0 Å². The topological polar surface area (TPSA) is 64.1 Å². The van der Waals surface area contributed by atoms with E-state index in [4.69, 9.17) is 9.72 Å². The standard InChI is InChI=1S/C27H23N3O2/c1-32-23-15-13-22(14-16-23)25-19-28-27(30-26(31)18-21-10-6-3-7-11-21)24(29-25)17-12-20-8-4-2-5-9-20/h2-17,19H,18H2,1H3,(H,28,30,31)/b17-12+. The fourth-order valence-electron chi connectivity index (χ4n) is 3.21. The van der Waals surface area contributed by atoms with Crippen LogP contribution in [0.5, 0.6) is 5.75 Å². The van der Waals surface area contributed by atoms with Gasteiger partial charge in [0, 0.05) is 5.56 Å². The molecule has 1 N–H and O–H groups in total. The monoisotopic (exact) mass is 421 g/mol. The quantitative estimate of drug-likeness (QED) is 0.428. The minimum Gasteiger partial charge on any atom is -0.497 e. The molecule has 1 aromatic heterocycles. The molecule has 0 bridgehead atoms. The van der Waals surface area contributed by atoms with Crippen LogP contribution in [0.2, 0.25) is 0 Å². The van der Waals surface area contributed by atoms with Crippen LogP contribution in [0.25, 0.3) is 23.4 Å². The summed E-state index contributed by atoms with van der Waals surface area (Å²) in [7, 11) is 1.63. The molecule has 0 aliphatic carbocycles. The number of carbonyl (C=O) groups excluding carboxylic acids is 1. The van der Waals surface area contributed by atoms with Crippen molar-refractivity contribution in [3.05, 3.63) is 108 Å². The van der Waals surface area contributed by atoms with Crippen LogP contribution < -0.4 is 10.1 Å². The van der Waals surface area contributed by atoms with E-state index >= 15 is 0 Å². The Bertz CT molecular complexity index is 1200. The van der Waals surface area contributed by atoms with Gasteiger partial charge in [0.1, 0.15) is 11.4 Å². The summed E-state index contributed by atoms with van der Waals surface area (Å²) >= 11 is 0. The Morgan fingerprint density at radius 2 is 1.59 bits per heavy atom. The molecule has 5 nitrogen and oxygen atoms in total. The number of ether oxygens (including phenoxy) is 1. The average molecular weight is 422 g/mol. The van der Waals surface area contributed by atoms with Gasteiger partial charge >= 0.3 is 0 Å². The number of hydrogen-bond acceptors (Lipinski definition) is 4. The van der Waals surface area contributed by atoms with Gasteiger partial charge in [-0.3, -0.25) is 4.79 Å². The Kier molecular flexibility index (Phi) is 6.68. The first-order valence-electron chi connectivity index (χ1n) is 10.3. The third-order valence-corrected chi connectivity index (χ3v) is 4.88. The highest BCUT2D eigenvalue weighted by Crippen LogP contribution is 2.23. The number of carbonyl (C=O) groups is 1. The average Bonchev–Trinajstić information content (AvgIpc) is 2.84. The summed E-state index contributed by atoms with van der Waals surface area (Å²) in [6.07, 6.45) is 5.76. The van der Waals surface area contributed by atoms with Crippen molar-refractivity contribution in [2.75, 3.05) is 12.4 Å². The number of hydrogen-bond donors (Lipinski definition) is 1. The van der Waals surface area contributed by atoms with Crippen LogP contribution in [0.3, 0.4) is 0 Å². The zero-order chi connectivity index (χ0) is 22.2. The Morgan fingerprint density at radius 1 is 0.906 bits per heavy atom. The first-order valence-corrected chi connectivity index (χ1v) is 10.3. The number of anilines is 1. The minimum absolute atomic E-state index is 0.142. The van der Waals surface area contributed by atoms with Gasteiger partial charge in [0.25, 0.3) is 0 Å². The van der Waals surface area contributed by atoms with E-state index < -0.39 is 0 Å².